The minimum atomic E-state index is -0.456. The minimum absolute atomic E-state index is 0.456. The molecule has 0 atom stereocenters. The molecule has 0 unspecified atom stereocenters. The van der Waals surface area contributed by atoms with Crippen molar-refractivity contribution >= 4 is 39.0 Å². The number of rotatable bonds is 5. The van der Waals surface area contributed by atoms with Gasteiger partial charge in [-0.3, -0.25) is 0 Å². The Morgan fingerprint density at radius 2 is 0.831 bits per heavy atom. The number of hydrogen-bond donors (Lipinski definition) is 0. The third-order valence-corrected chi connectivity index (χ3v) is 13.7. The van der Waals surface area contributed by atoms with Crippen LogP contribution in [0.25, 0.3) is 66.4 Å². The Morgan fingerprint density at radius 1 is 0.292 bits per heavy atom. The van der Waals surface area contributed by atoms with Crippen LogP contribution in [-0.4, -0.2) is 0 Å². The minimum Gasteiger partial charge on any atom is -0.456 e. The third kappa shape index (κ3) is 5.25. The maximum Gasteiger partial charge on any atom is 0.170 e. The lowest BCUT2D eigenvalue weighted by Crippen LogP contribution is -2.25. The standard InChI is InChI=1S/C61H37NO3/c1-2-13-38(14-3-1)39-25-28-42(29-26-39)62(44-30-31-49-48-20-7-11-24-55(48)63-57(49)35-44)43-16-12-15-40(33-43)41-27-32-56-58(34-41)65-59-36-50-47-19-6-10-23-53(47)61(54(50)37-60(59)64-56)51-21-8-4-17-45(51)46-18-5-9-22-52(46)61/h1-37H. The molecule has 0 saturated carbocycles. The molecule has 0 bridgehead atoms. The topological polar surface area (TPSA) is 34.8 Å². The van der Waals surface area contributed by atoms with Crippen LogP contribution in [0, 0.1) is 0 Å². The molecule has 14 rings (SSSR count). The van der Waals surface area contributed by atoms with Gasteiger partial charge in [-0.25, -0.2) is 0 Å². The van der Waals surface area contributed by atoms with Crippen molar-refractivity contribution in [1.82, 2.24) is 0 Å². The zero-order chi connectivity index (χ0) is 42.6. The van der Waals surface area contributed by atoms with Crippen molar-refractivity contribution in [2.45, 2.75) is 5.41 Å². The molecule has 0 amide bonds. The van der Waals surface area contributed by atoms with Gasteiger partial charge in [-0.05, 0) is 133 Å². The van der Waals surface area contributed by atoms with E-state index in [2.05, 4.69) is 211 Å². The average molecular weight is 832 g/mol. The number of nitrogens with zero attached hydrogens (tertiary/aromatic N) is 1. The Labute approximate surface area is 375 Å². The van der Waals surface area contributed by atoms with Crippen molar-refractivity contribution < 1.29 is 13.9 Å². The van der Waals surface area contributed by atoms with Crippen LogP contribution in [0.1, 0.15) is 22.3 Å². The summed E-state index contributed by atoms with van der Waals surface area (Å²) >= 11 is 0. The Balaban J connectivity index is 0.850. The Bertz CT molecular complexity index is 3690. The second-order valence-corrected chi connectivity index (χ2v) is 17.2. The Hall–Kier alpha value is -8.60. The highest BCUT2D eigenvalue weighted by Gasteiger charge is 2.52. The van der Waals surface area contributed by atoms with Gasteiger partial charge in [0.25, 0.3) is 0 Å². The summed E-state index contributed by atoms with van der Waals surface area (Å²) in [6.45, 7) is 0. The molecule has 2 heterocycles. The van der Waals surface area contributed by atoms with Gasteiger partial charge in [-0.1, -0.05) is 152 Å². The van der Waals surface area contributed by atoms with Crippen LogP contribution in [0.4, 0.5) is 17.1 Å². The van der Waals surface area contributed by atoms with Crippen molar-refractivity contribution in [2.75, 3.05) is 4.90 Å². The number of fused-ring (bicyclic) bond motifs is 15. The van der Waals surface area contributed by atoms with Crippen LogP contribution in [-0.2, 0) is 5.41 Å². The fourth-order valence-corrected chi connectivity index (χ4v) is 10.9. The van der Waals surface area contributed by atoms with E-state index in [1.807, 2.05) is 18.2 Å². The highest BCUT2D eigenvalue weighted by atomic mass is 16.6. The van der Waals surface area contributed by atoms with Crippen LogP contribution in [0.3, 0.4) is 0 Å². The van der Waals surface area contributed by atoms with Crippen molar-refractivity contribution in [3.05, 3.63) is 247 Å². The molecule has 1 aliphatic heterocycles. The fourth-order valence-electron chi connectivity index (χ4n) is 10.9. The van der Waals surface area contributed by atoms with Gasteiger partial charge in [0.15, 0.2) is 23.0 Å². The number of hydrogen-bond acceptors (Lipinski definition) is 4. The first-order chi connectivity index (χ1) is 32.2. The van der Waals surface area contributed by atoms with E-state index >= 15 is 0 Å². The average Bonchev–Trinajstić information content (AvgIpc) is 3.99. The van der Waals surface area contributed by atoms with Gasteiger partial charge in [0.1, 0.15) is 11.2 Å². The first kappa shape index (κ1) is 35.9. The summed E-state index contributed by atoms with van der Waals surface area (Å²) in [6, 6.07) is 79.9. The van der Waals surface area contributed by atoms with Gasteiger partial charge in [0.05, 0.1) is 5.41 Å². The lowest BCUT2D eigenvalue weighted by molar-refractivity contribution is 0.359. The number of anilines is 3. The van der Waals surface area contributed by atoms with E-state index in [1.54, 1.807) is 0 Å². The molecule has 1 spiro atoms. The quantitative estimate of drug-likeness (QED) is 0.173. The second-order valence-electron chi connectivity index (χ2n) is 17.2. The predicted octanol–water partition coefficient (Wildman–Crippen LogP) is 16.6. The number of furan rings is 1. The zero-order valence-electron chi connectivity index (χ0n) is 35.0. The van der Waals surface area contributed by atoms with Gasteiger partial charge >= 0.3 is 0 Å². The number of para-hydroxylation sites is 1. The van der Waals surface area contributed by atoms with Gasteiger partial charge in [0.2, 0.25) is 0 Å². The van der Waals surface area contributed by atoms with Gasteiger partial charge in [-0.2, -0.15) is 0 Å². The highest BCUT2D eigenvalue weighted by Crippen LogP contribution is 2.64. The molecule has 65 heavy (non-hydrogen) atoms. The largest absolute Gasteiger partial charge is 0.456 e. The molecule has 0 N–H and O–H groups in total. The van der Waals surface area contributed by atoms with Crippen LogP contribution >= 0.6 is 0 Å². The molecule has 304 valence electrons. The number of benzene rings is 10. The second kappa shape index (κ2) is 13.7. The summed E-state index contributed by atoms with van der Waals surface area (Å²) in [5, 5.41) is 2.21. The number of ether oxygens (including phenoxy) is 2. The monoisotopic (exact) mass is 831 g/mol. The Morgan fingerprint density at radius 3 is 1.60 bits per heavy atom. The predicted molar refractivity (Wildman–Crippen MR) is 262 cm³/mol. The van der Waals surface area contributed by atoms with E-state index in [1.165, 1.54) is 50.1 Å². The van der Waals surface area contributed by atoms with Crippen LogP contribution < -0.4 is 14.4 Å². The molecule has 4 nitrogen and oxygen atoms in total. The molecule has 0 radical (unpaired) electrons. The van der Waals surface area contributed by atoms with Gasteiger partial charge < -0.3 is 18.8 Å². The lowest BCUT2D eigenvalue weighted by atomic mass is 9.70. The van der Waals surface area contributed by atoms with Crippen molar-refractivity contribution in [3.8, 4) is 67.5 Å². The molecule has 1 aromatic heterocycles. The first-order valence-corrected chi connectivity index (χ1v) is 22.1. The van der Waals surface area contributed by atoms with Gasteiger partial charge in [-0.15, -0.1) is 0 Å². The molecule has 11 aromatic rings. The smallest absolute Gasteiger partial charge is 0.170 e. The third-order valence-electron chi connectivity index (χ3n) is 13.7. The molecule has 0 saturated heterocycles. The van der Waals surface area contributed by atoms with Crippen molar-refractivity contribution in [1.29, 1.82) is 0 Å². The molecular formula is C61H37NO3. The first-order valence-electron chi connectivity index (χ1n) is 22.1. The van der Waals surface area contributed by atoms with Crippen molar-refractivity contribution in [3.63, 3.8) is 0 Å². The van der Waals surface area contributed by atoms with E-state index in [9.17, 15) is 0 Å². The molecule has 10 aromatic carbocycles. The summed E-state index contributed by atoms with van der Waals surface area (Å²) in [5.74, 6) is 2.80. The molecule has 4 heteroatoms. The lowest BCUT2D eigenvalue weighted by Gasteiger charge is -2.31. The van der Waals surface area contributed by atoms with E-state index in [-0.39, 0.29) is 0 Å². The Kier molecular flexibility index (Phi) is 7.57. The summed E-state index contributed by atoms with van der Waals surface area (Å²) in [7, 11) is 0. The molecule has 0 fully saturated rings. The maximum atomic E-state index is 6.85. The highest BCUT2D eigenvalue weighted by molar-refractivity contribution is 6.06. The maximum absolute atomic E-state index is 6.85. The summed E-state index contributed by atoms with van der Waals surface area (Å²) in [4.78, 5) is 2.30. The van der Waals surface area contributed by atoms with Crippen LogP contribution in [0.15, 0.2) is 229 Å². The molecule has 3 aliphatic rings. The normalized spacial score (nSPS) is 13.3. The molecule has 2 aliphatic carbocycles. The van der Waals surface area contributed by atoms with E-state index in [0.717, 1.165) is 61.4 Å². The molecular weight excluding hydrogens is 795 g/mol. The van der Waals surface area contributed by atoms with E-state index in [4.69, 9.17) is 13.9 Å². The van der Waals surface area contributed by atoms with Crippen LogP contribution in [0.5, 0.6) is 23.0 Å². The van der Waals surface area contributed by atoms with Crippen LogP contribution in [0.2, 0.25) is 0 Å². The summed E-state index contributed by atoms with van der Waals surface area (Å²) in [6.07, 6.45) is 0. The zero-order valence-corrected chi connectivity index (χ0v) is 35.0. The van der Waals surface area contributed by atoms with Crippen molar-refractivity contribution in [2.24, 2.45) is 0 Å². The van der Waals surface area contributed by atoms with E-state index in [0.29, 0.717) is 17.2 Å². The summed E-state index contributed by atoms with van der Waals surface area (Å²) in [5.41, 5.74) is 18.8. The van der Waals surface area contributed by atoms with E-state index < -0.39 is 5.41 Å². The van der Waals surface area contributed by atoms with Gasteiger partial charge in [0, 0.05) is 33.9 Å². The summed E-state index contributed by atoms with van der Waals surface area (Å²) < 4.78 is 20.1. The SMILES string of the molecule is c1ccc(-c2ccc(N(c3cccc(-c4ccc5c(c4)Oc4cc6c(cc4O5)C4(c5ccccc5-c5ccccc54)c4ccccc4-6)c3)c3ccc4c(c3)oc3ccccc34)cc2)cc1. The fraction of sp³-hybridized carbons (Fsp3) is 0.0164.